The van der Waals surface area contributed by atoms with Gasteiger partial charge in [0.2, 0.25) is 0 Å². The molecule has 7 nitrogen and oxygen atoms in total. The number of carbonyl (C=O) groups is 1. The highest BCUT2D eigenvalue weighted by Crippen LogP contribution is 2.31. The SMILES string of the molecule is COc1ccc(OC)c(NS(=O)(=O)c2ccc(NC(=O)c3cccc(F)c3)cc2)c1. The van der Waals surface area contributed by atoms with Crippen molar-refractivity contribution in [2.24, 2.45) is 0 Å². The molecule has 1 amide bonds. The van der Waals surface area contributed by atoms with Gasteiger partial charge in [0, 0.05) is 17.3 Å². The third kappa shape index (κ3) is 4.87. The number of methoxy groups -OCH3 is 2. The fourth-order valence-electron chi connectivity index (χ4n) is 2.65. The molecular formula is C21H19FN2O5S. The molecule has 0 saturated carbocycles. The number of carbonyl (C=O) groups excluding carboxylic acids is 1. The molecule has 0 saturated heterocycles. The van der Waals surface area contributed by atoms with E-state index in [1.54, 1.807) is 12.1 Å². The Morgan fingerprint density at radius 3 is 2.30 bits per heavy atom. The molecule has 0 heterocycles. The Labute approximate surface area is 173 Å². The molecule has 0 bridgehead atoms. The number of hydrogen-bond donors (Lipinski definition) is 2. The van der Waals surface area contributed by atoms with Crippen molar-refractivity contribution in [2.45, 2.75) is 4.90 Å². The second-order valence-corrected chi connectivity index (χ2v) is 7.84. The summed E-state index contributed by atoms with van der Waals surface area (Å²) in [7, 11) is -1.03. The van der Waals surface area contributed by atoms with Crippen LogP contribution >= 0.6 is 0 Å². The van der Waals surface area contributed by atoms with Crippen molar-refractivity contribution in [1.29, 1.82) is 0 Å². The lowest BCUT2D eigenvalue weighted by Crippen LogP contribution is -2.15. The Bertz CT molecular complexity index is 1160. The molecule has 0 fully saturated rings. The molecule has 0 unspecified atom stereocenters. The van der Waals surface area contributed by atoms with E-state index in [9.17, 15) is 17.6 Å². The van der Waals surface area contributed by atoms with Crippen LogP contribution in [0.3, 0.4) is 0 Å². The topological polar surface area (TPSA) is 93.7 Å². The molecule has 0 aliphatic rings. The summed E-state index contributed by atoms with van der Waals surface area (Å²) in [5, 5.41) is 2.59. The first-order valence-corrected chi connectivity index (χ1v) is 10.2. The standard InChI is InChI=1S/C21H19FN2O5S/c1-28-17-8-11-20(29-2)19(13-17)24-30(26,27)18-9-6-16(7-10-18)23-21(25)14-4-3-5-15(22)12-14/h3-13,24H,1-2H3,(H,23,25). The smallest absolute Gasteiger partial charge is 0.262 e. The predicted octanol–water partition coefficient (Wildman–Crippen LogP) is 3.90. The number of amides is 1. The molecule has 156 valence electrons. The van der Waals surface area contributed by atoms with Gasteiger partial charge in [0.25, 0.3) is 15.9 Å². The molecule has 0 atom stereocenters. The van der Waals surface area contributed by atoms with E-state index < -0.39 is 21.7 Å². The summed E-state index contributed by atoms with van der Waals surface area (Å²) in [6.07, 6.45) is 0. The van der Waals surface area contributed by atoms with E-state index in [1.165, 1.54) is 62.8 Å². The quantitative estimate of drug-likeness (QED) is 0.593. The Hall–Kier alpha value is -3.59. The van der Waals surface area contributed by atoms with Crippen molar-refractivity contribution in [3.8, 4) is 11.5 Å². The highest BCUT2D eigenvalue weighted by Gasteiger charge is 2.17. The van der Waals surface area contributed by atoms with Gasteiger partial charge in [-0.2, -0.15) is 0 Å². The summed E-state index contributed by atoms with van der Waals surface area (Å²) in [5.74, 6) is -0.241. The Morgan fingerprint density at radius 2 is 1.67 bits per heavy atom. The maximum absolute atomic E-state index is 13.3. The van der Waals surface area contributed by atoms with Crippen LogP contribution in [0, 0.1) is 5.82 Å². The normalized spacial score (nSPS) is 10.9. The van der Waals surface area contributed by atoms with Crippen LogP contribution in [0.25, 0.3) is 0 Å². The van der Waals surface area contributed by atoms with Crippen LogP contribution in [0.15, 0.2) is 71.6 Å². The first-order chi connectivity index (χ1) is 14.3. The molecule has 0 aromatic heterocycles. The Balaban J connectivity index is 1.77. The summed E-state index contributed by atoms with van der Waals surface area (Å²) >= 11 is 0. The summed E-state index contributed by atoms with van der Waals surface area (Å²) < 4.78 is 51.5. The zero-order valence-corrected chi connectivity index (χ0v) is 17.0. The highest BCUT2D eigenvalue weighted by molar-refractivity contribution is 7.92. The molecular weight excluding hydrogens is 411 g/mol. The van der Waals surface area contributed by atoms with Crippen LogP contribution in [0.5, 0.6) is 11.5 Å². The Kier molecular flexibility index (Phi) is 6.22. The molecule has 2 N–H and O–H groups in total. The van der Waals surface area contributed by atoms with Crippen LogP contribution in [0.1, 0.15) is 10.4 Å². The number of rotatable bonds is 7. The minimum Gasteiger partial charge on any atom is -0.497 e. The van der Waals surface area contributed by atoms with Crippen molar-refractivity contribution in [3.63, 3.8) is 0 Å². The minimum absolute atomic E-state index is 0.0175. The van der Waals surface area contributed by atoms with Gasteiger partial charge in [0.15, 0.2) is 0 Å². The van der Waals surface area contributed by atoms with Gasteiger partial charge in [-0.1, -0.05) is 6.07 Å². The van der Waals surface area contributed by atoms with Crippen molar-refractivity contribution >= 4 is 27.3 Å². The highest BCUT2D eigenvalue weighted by atomic mass is 32.2. The molecule has 3 aromatic rings. The molecule has 0 aliphatic heterocycles. The van der Waals surface area contributed by atoms with E-state index in [1.807, 2.05) is 0 Å². The van der Waals surface area contributed by atoms with Gasteiger partial charge in [0.1, 0.15) is 17.3 Å². The second kappa shape index (κ2) is 8.83. The first-order valence-electron chi connectivity index (χ1n) is 8.74. The Morgan fingerprint density at radius 1 is 0.933 bits per heavy atom. The number of hydrogen-bond acceptors (Lipinski definition) is 5. The summed E-state index contributed by atoms with van der Waals surface area (Å²) in [6, 6.07) is 15.6. The van der Waals surface area contributed by atoms with Crippen molar-refractivity contribution in [1.82, 2.24) is 0 Å². The fraction of sp³-hybridized carbons (Fsp3) is 0.0952. The van der Waals surface area contributed by atoms with Gasteiger partial charge in [-0.25, -0.2) is 12.8 Å². The van der Waals surface area contributed by atoms with Gasteiger partial charge >= 0.3 is 0 Å². The van der Waals surface area contributed by atoms with Crippen LogP contribution in [-0.4, -0.2) is 28.5 Å². The molecule has 0 spiro atoms. The molecule has 30 heavy (non-hydrogen) atoms. The third-order valence-corrected chi connectivity index (χ3v) is 5.54. The van der Waals surface area contributed by atoms with Gasteiger partial charge < -0.3 is 14.8 Å². The van der Waals surface area contributed by atoms with E-state index in [4.69, 9.17) is 9.47 Å². The number of anilines is 2. The van der Waals surface area contributed by atoms with Gasteiger partial charge in [0.05, 0.1) is 24.8 Å². The number of benzene rings is 3. The second-order valence-electron chi connectivity index (χ2n) is 6.16. The minimum atomic E-state index is -3.92. The van der Waals surface area contributed by atoms with Crippen molar-refractivity contribution < 1.29 is 27.1 Å². The fourth-order valence-corrected chi connectivity index (χ4v) is 3.71. The lowest BCUT2D eigenvalue weighted by Gasteiger charge is -2.13. The number of ether oxygens (including phenoxy) is 2. The molecule has 0 aliphatic carbocycles. The van der Waals surface area contributed by atoms with Crippen LogP contribution in [0.2, 0.25) is 0 Å². The van der Waals surface area contributed by atoms with Gasteiger partial charge in [-0.3, -0.25) is 9.52 Å². The maximum Gasteiger partial charge on any atom is 0.262 e. The molecule has 0 radical (unpaired) electrons. The number of halogens is 1. The summed E-state index contributed by atoms with van der Waals surface area (Å²) in [4.78, 5) is 12.2. The largest absolute Gasteiger partial charge is 0.497 e. The van der Waals surface area contributed by atoms with E-state index in [0.29, 0.717) is 17.2 Å². The van der Waals surface area contributed by atoms with Gasteiger partial charge in [-0.05, 0) is 54.6 Å². The van der Waals surface area contributed by atoms with Crippen LogP contribution in [0.4, 0.5) is 15.8 Å². The van der Waals surface area contributed by atoms with E-state index in [2.05, 4.69) is 10.0 Å². The number of nitrogens with one attached hydrogen (secondary N) is 2. The zero-order chi connectivity index (χ0) is 21.7. The van der Waals surface area contributed by atoms with Gasteiger partial charge in [-0.15, -0.1) is 0 Å². The van der Waals surface area contributed by atoms with Crippen molar-refractivity contribution in [3.05, 3.63) is 78.1 Å². The molecule has 3 aromatic carbocycles. The van der Waals surface area contributed by atoms with E-state index >= 15 is 0 Å². The average Bonchev–Trinajstić information content (AvgIpc) is 2.73. The lowest BCUT2D eigenvalue weighted by atomic mass is 10.2. The monoisotopic (exact) mass is 430 g/mol. The maximum atomic E-state index is 13.3. The van der Waals surface area contributed by atoms with Crippen LogP contribution < -0.4 is 19.5 Å². The number of sulfonamides is 1. The third-order valence-electron chi connectivity index (χ3n) is 4.16. The predicted molar refractivity (Wildman–Crippen MR) is 111 cm³/mol. The summed E-state index contributed by atoms with van der Waals surface area (Å²) in [6.45, 7) is 0. The first kappa shape index (κ1) is 21.1. The molecule has 9 heteroatoms. The average molecular weight is 430 g/mol. The lowest BCUT2D eigenvalue weighted by molar-refractivity contribution is 0.102. The summed E-state index contributed by atoms with van der Waals surface area (Å²) in [5.41, 5.74) is 0.737. The molecule has 3 rings (SSSR count). The van der Waals surface area contributed by atoms with Crippen molar-refractivity contribution in [2.75, 3.05) is 24.3 Å². The van der Waals surface area contributed by atoms with E-state index in [0.717, 1.165) is 6.07 Å². The van der Waals surface area contributed by atoms with E-state index in [-0.39, 0.29) is 16.1 Å². The van der Waals surface area contributed by atoms with Crippen LogP contribution in [-0.2, 0) is 10.0 Å². The zero-order valence-electron chi connectivity index (χ0n) is 16.2.